The molecule has 2 rings (SSSR count). The molecule has 1 heterocycles. The Morgan fingerprint density at radius 2 is 2.20 bits per heavy atom. The molecule has 2 aromatic rings. The van der Waals surface area contributed by atoms with Crippen molar-refractivity contribution in [2.75, 3.05) is 19.0 Å². The molecule has 0 unspecified atom stereocenters. The molecular weight excluding hydrogens is 336 g/mol. The smallest absolute Gasteiger partial charge is 0.247 e. The number of nitrogens with one attached hydrogen (secondary N) is 1. The summed E-state index contributed by atoms with van der Waals surface area (Å²) >= 11 is 1.15. The maximum Gasteiger partial charge on any atom is 0.247 e. The van der Waals surface area contributed by atoms with Gasteiger partial charge in [0.25, 0.3) is 0 Å². The Morgan fingerprint density at radius 3 is 2.80 bits per heavy atom. The van der Waals surface area contributed by atoms with E-state index in [1.807, 2.05) is 37.2 Å². The van der Waals surface area contributed by atoms with Crippen LogP contribution in [0.3, 0.4) is 0 Å². The zero-order valence-electron chi connectivity index (χ0n) is 14.1. The molecule has 1 aromatic carbocycles. The van der Waals surface area contributed by atoms with E-state index >= 15 is 0 Å². The van der Waals surface area contributed by atoms with Crippen molar-refractivity contribution in [1.29, 1.82) is 10.7 Å². The minimum atomic E-state index is 0.196. The molecule has 7 nitrogen and oxygen atoms in total. The summed E-state index contributed by atoms with van der Waals surface area (Å²) in [6.45, 7) is 9.08. The summed E-state index contributed by atoms with van der Waals surface area (Å²) in [5.74, 6) is 0. The first-order chi connectivity index (χ1) is 12.0. The number of ether oxygens (including phenoxy) is 1. The van der Waals surface area contributed by atoms with Crippen molar-refractivity contribution in [3.05, 3.63) is 46.3 Å². The Morgan fingerprint density at radius 1 is 1.44 bits per heavy atom. The molecule has 0 aliphatic carbocycles. The first kappa shape index (κ1) is 18.1. The minimum absolute atomic E-state index is 0.196. The maximum absolute atomic E-state index is 9.28. The van der Waals surface area contributed by atoms with Gasteiger partial charge in [-0.2, -0.15) is 5.26 Å². The second kappa shape index (κ2) is 8.04. The first-order valence-electron chi connectivity index (χ1n) is 7.25. The number of anilines is 1. The van der Waals surface area contributed by atoms with Gasteiger partial charge in [-0.25, -0.2) is 4.85 Å². The van der Waals surface area contributed by atoms with Crippen molar-refractivity contribution in [1.82, 2.24) is 0 Å². The summed E-state index contributed by atoms with van der Waals surface area (Å²) in [7, 11) is 3.86. The normalized spacial score (nSPS) is 10.3. The Kier molecular flexibility index (Phi) is 5.83. The summed E-state index contributed by atoms with van der Waals surface area (Å²) < 4.78 is 5.06. The fourth-order valence-electron chi connectivity index (χ4n) is 2.09. The minimum Gasteiger partial charge on any atom is -0.479 e. The number of hydrogen-bond donors (Lipinski definition) is 1. The summed E-state index contributed by atoms with van der Waals surface area (Å²) in [6, 6.07) is 7.70. The number of nitrogens with zero attached hydrogens (tertiary/aromatic N) is 5. The van der Waals surface area contributed by atoms with Gasteiger partial charge in [0.2, 0.25) is 5.00 Å². The summed E-state index contributed by atoms with van der Waals surface area (Å²) in [6.07, 6.45) is 0.877. The monoisotopic (exact) mass is 352 g/mol. The lowest BCUT2D eigenvalue weighted by Crippen LogP contribution is -2.08. The summed E-state index contributed by atoms with van der Waals surface area (Å²) in [4.78, 5) is 5.36. The quantitative estimate of drug-likeness (QED) is 0.340. The highest BCUT2D eigenvalue weighted by Crippen LogP contribution is 2.41. The van der Waals surface area contributed by atoms with E-state index in [0.717, 1.165) is 29.0 Å². The van der Waals surface area contributed by atoms with Crippen molar-refractivity contribution in [3.8, 4) is 6.07 Å². The third-order valence-electron chi connectivity index (χ3n) is 3.47. The van der Waals surface area contributed by atoms with Crippen LogP contribution in [-0.4, -0.2) is 20.5 Å². The Balaban J connectivity index is 2.43. The molecule has 8 heteroatoms. The van der Waals surface area contributed by atoms with E-state index < -0.39 is 0 Å². The Labute approximate surface area is 150 Å². The average molecular weight is 352 g/mol. The predicted octanol–water partition coefficient (Wildman–Crippen LogP) is 5.08. The predicted molar refractivity (Wildman–Crippen MR) is 98.6 cm³/mol. The molecule has 126 valence electrons. The SMILES string of the molecule is [C-]#[N+]c1sc(N=Nc2ccc(N(C)C)cc2COC=N)c(C#N)c1C. The van der Waals surface area contributed by atoms with E-state index in [-0.39, 0.29) is 6.61 Å². The van der Waals surface area contributed by atoms with Crippen LogP contribution in [0.25, 0.3) is 4.85 Å². The molecule has 0 saturated heterocycles. The van der Waals surface area contributed by atoms with E-state index in [9.17, 15) is 5.26 Å². The van der Waals surface area contributed by atoms with E-state index in [2.05, 4.69) is 21.1 Å². The third-order valence-corrected chi connectivity index (χ3v) is 4.54. The molecule has 0 atom stereocenters. The van der Waals surface area contributed by atoms with Crippen molar-refractivity contribution in [2.24, 2.45) is 10.2 Å². The molecule has 0 radical (unpaired) electrons. The zero-order valence-corrected chi connectivity index (χ0v) is 14.9. The molecule has 0 amide bonds. The van der Waals surface area contributed by atoms with Gasteiger partial charge in [-0.1, -0.05) is 0 Å². The molecule has 0 aliphatic heterocycles. The highest BCUT2D eigenvalue weighted by Gasteiger charge is 2.14. The lowest BCUT2D eigenvalue weighted by atomic mass is 10.1. The van der Waals surface area contributed by atoms with Crippen LogP contribution in [0.15, 0.2) is 28.4 Å². The standard InChI is InChI=1S/C17H16N6OS/c1-11-14(8-18)17(25-16(11)20-2)22-21-15-6-5-13(23(3)4)7-12(15)9-24-10-19/h5-7,10,19H,9H2,1,3-4H3. The zero-order chi connectivity index (χ0) is 18.4. The highest BCUT2D eigenvalue weighted by molar-refractivity contribution is 7.20. The van der Waals surface area contributed by atoms with Crippen LogP contribution < -0.4 is 4.90 Å². The topological polar surface area (TPSA) is 89.2 Å². The molecule has 1 aromatic heterocycles. The van der Waals surface area contributed by atoms with Crippen molar-refractivity contribution < 1.29 is 4.74 Å². The van der Waals surface area contributed by atoms with E-state index in [4.69, 9.17) is 16.7 Å². The van der Waals surface area contributed by atoms with Gasteiger partial charge in [-0.15, -0.1) is 21.6 Å². The van der Waals surface area contributed by atoms with E-state index in [1.165, 1.54) is 0 Å². The molecule has 0 saturated carbocycles. The van der Waals surface area contributed by atoms with Gasteiger partial charge in [-0.3, -0.25) is 5.41 Å². The molecular formula is C17H16N6OS. The molecule has 0 bridgehead atoms. The van der Waals surface area contributed by atoms with E-state index in [1.54, 1.807) is 6.92 Å². The molecule has 25 heavy (non-hydrogen) atoms. The molecule has 0 aliphatic rings. The van der Waals surface area contributed by atoms with Crippen LogP contribution in [0.2, 0.25) is 0 Å². The maximum atomic E-state index is 9.28. The number of nitriles is 1. The Bertz CT molecular complexity index is 901. The van der Waals surface area contributed by atoms with Gasteiger partial charge < -0.3 is 9.64 Å². The molecule has 0 spiro atoms. The van der Waals surface area contributed by atoms with Crippen molar-refractivity contribution in [3.63, 3.8) is 0 Å². The van der Waals surface area contributed by atoms with Gasteiger partial charge in [0.15, 0.2) is 6.40 Å². The second-order valence-corrected chi connectivity index (χ2v) is 6.25. The molecule has 0 fully saturated rings. The van der Waals surface area contributed by atoms with Crippen LogP contribution in [-0.2, 0) is 11.3 Å². The number of hydrogen-bond acceptors (Lipinski definition) is 7. The highest BCUT2D eigenvalue weighted by atomic mass is 32.1. The van der Waals surface area contributed by atoms with Gasteiger partial charge >= 0.3 is 0 Å². The fourth-order valence-corrected chi connectivity index (χ4v) is 2.96. The van der Waals surface area contributed by atoms with E-state index in [0.29, 0.717) is 26.8 Å². The van der Waals surface area contributed by atoms with Crippen LogP contribution in [0.5, 0.6) is 0 Å². The Hall–Kier alpha value is -3.23. The van der Waals surface area contributed by atoms with Crippen LogP contribution in [0.1, 0.15) is 16.7 Å². The van der Waals surface area contributed by atoms with Gasteiger partial charge in [0.1, 0.15) is 17.7 Å². The summed E-state index contributed by atoms with van der Waals surface area (Å²) in [5.41, 5.74) is 3.35. The third kappa shape index (κ3) is 4.00. The van der Waals surface area contributed by atoms with Crippen LogP contribution in [0.4, 0.5) is 21.4 Å². The van der Waals surface area contributed by atoms with Gasteiger partial charge in [0.05, 0.1) is 17.8 Å². The first-order valence-corrected chi connectivity index (χ1v) is 8.07. The van der Waals surface area contributed by atoms with Crippen molar-refractivity contribution >= 4 is 39.1 Å². The fraction of sp³-hybridized carbons (Fsp3) is 0.235. The second-order valence-electron chi connectivity index (χ2n) is 5.27. The number of thiophene rings is 1. The number of azo groups is 1. The van der Waals surface area contributed by atoms with Crippen LogP contribution >= 0.6 is 11.3 Å². The molecule has 1 N–H and O–H groups in total. The lowest BCUT2D eigenvalue weighted by molar-refractivity contribution is 0.306. The lowest BCUT2D eigenvalue weighted by Gasteiger charge is -2.14. The largest absolute Gasteiger partial charge is 0.479 e. The average Bonchev–Trinajstić information content (AvgIpc) is 2.93. The van der Waals surface area contributed by atoms with Gasteiger partial charge in [-0.05, 0) is 30.7 Å². The summed E-state index contributed by atoms with van der Waals surface area (Å²) in [5, 5.41) is 25.6. The number of benzene rings is 1. The van der Waals surface area contributed by atoms with Gasteiger partial charge in [0, 0.05) is 25.3 Å². The number of rotatable bonds is 6. The van der Waals surface area contributed by atoms with Crippen molar-refractivity contribution in [2.45, 2.75) is 13.5 Å². The van der Waals surface area contributed by atoms with Crippen LogP contribution in [0, 0.1) is 30.2 Å².